The fourth-order valence-electron chi connectivity index (χ4n) is 1.32. The van der Waals surface area contributed by atoms with Crippen molar-refractivity contribution in [1.29, 1.82) is 0 Å². The Morgan fingerprint density at radius 2 is 2.18 bits per heavy atom. The lowest BCUT2D eigenvalue weighted by Crippen LogP contribution is -2.12. The van der Waals surface area contributed by atoms with Crippen molar-refractivity contribution in [3.05, 3.63) is 24.3 Å². The lowest BCUT2D eigenvalue weighted by molar-refractivity contribution is -0.115. The molecular weight excluding hydrogens is 238 g/mol. The number of para-hydroxylation sites is 2. The monoisotopic (exact) mass is 255 g/mol. The number of hydrogen-bond donors (Lipinski definition) is 1. The Balaban J connectivity index is 2.60. The van der Waals surface area contributed by atoms with Crippen LogP contribution in [0.15, 0.2) is 24.3 Å². The van der Waals surface area contributed by atoms with E-state index in [9.17, 15) is 4.79 Å². The number of rotatable bonds is 7. The van der Waals surface area contributed by atoms with Crippen molar-refractivity contribution in [1.82, 2.24) is 0 Å². The highest BCUT2D eigenvalue weighted by atomic mass is 35.5. The molecule has 0 atom stereocenters. The smallest absolute Gasteiger partial charge is 0.225 e. The summed E-state index contributed by atoms with van der Waals surface area (Å²) in [6.45, 7) is 2.77. The highest BCUT2D eigenvalue weighted by Crippen LogP contribution is 2.24. The second kappa shape index (κ2) is 7.96. The zero-order chi connectivity index (χ0) is 12.5. The quantitative estimate of drug-likeness (QED) is 0.599. The van der Waals surface area contributed by atoms with Crippen molar-refractivity contribution in [2.45, 2.75) is 26.2 Å². The van der Waals surface area contributed by atoms with E-state index in [1.807, 2.05) is 24.3 Å². The third-order valence-electron chi connectivity index (χ3n) is 2.24. The van der Waals surface area contributed by atoms with Gasteiger partial charge in [0.25, 0.3) is 0 Å². The first-order valence-electron chi connectivity index (χ1n) is 5.85. The lowest BCUT2D eigenvalue weighted by Gasteiger charge is -2.11. The molecule has 0 aliphatic carbocycles. The van der Waals surface area contributed by atoms with Gasteiger partial charge in [-0.25, -0.2) is 0 Å². The van der Waals surface area contributed by atoms with E-state index in [1.165, 1.54) is 0 Å². The second-order valence-electron chi connectivity index (χ2n) is 3.69. The Labute approximate surface area is 107 Å². The number of benzene rings is 1. The largest absolute Gasteiger partial charge is 0.491 e. The highest BCUT2D eigenvalue weighted by molar-refractivity contribution is 6.19. The van der Waals surface area contributed by atoms with Crippen molar-refractivity contribution >= 4 is 23.2 Å². The summed E-state index contributed by atoms with van der Waals surface area (Å²) in [5.41, 5.74) is 0.707. The van der Waals surface area contributed by atoms with Crippen molar-refractivity contribution in [3.63, 3.8) is 0 Å². The SMILES string of the molecule is CCCCOc1ccccc1NC(=O)CCCl. The summed E-state index contributed by atoms with van der Waals surface area (Å²) in [4.78, 5) is 11.4. The molecule has 1 aromatic carbocycles. The fourth-order valence-corrected chi connectivity index (χ4v) is 1.49. The van der Waals surface area contributed by atoms with E-state index in [4.69, 9.17) is 16.3 Å². The van der Waals surface area contributed by atoms with Crippen LogP contribution < -0.4 is 10.1 Å². The standard InChI is InChI=1S/C13H18ClNO2/c1-2-3-10-17-12-7-5-4-6-11(12)15-13(16)8-9-14/h4-7H,2-3,8-10H2,1H3,(H,15,16). The molecule has 0 saturated carbocycles. The number of alkyl halides is 1. The van der Waals surface area contributed by atoms with Gasteiger partial charge in [0.2, 0.25) is 5.91 Å². The number of halogens is 1. The zero-order valence-corrected chi connectivity index (χ0v) is 10.8. The topological polar surface area (TPSA) is 38.3 Å². The van der Waals surface area contributed by atoms with Crippen LogP contribution in [0.4, 0.5) is 5.69 Å². The Hall–Kier alpha value is -1.22. The summed E-state index contributed by atoms with van der Waals surface area (Å²) in [5, 5.41) is 2.79. The number of nitrogens with one attached hydrogen (secondary N) is 1. The molecule has 0 bridgehead atoms. The maximum Gasteiger partial charge on any atom is 0.225 e. The second-order valence-corrected chi connectivity index (χ2v) is 4.06. The van der Waals surface area contributed by atoms with Crippen molar-refractivity contribution < 1.29 is 9.53 Å². The molecule has 0 fully saturated rings. The highest BCUT2D eigenvalue weighted by Gasteiger charge is 2.06. The van der Waals surface area contributed by atoms with Gasteiger partial charge in [0.05, 0.1) is 12.3 Å². The molecular formula is C13H18ClNO2. The van der Waals surface area contributed by atoms with Gasteiger partial charge in [0.15, 0.2) is 0 Å². The average Bonchev–Trinajstić information content (AvgIpc) is 2.32. The molecule has 0 aliphatic heterocycles. The van der Waals surface area contributed by atoms with Crippen LogP contribution in [0.3, 0.4) is 0 Å². The predicted octanol–water partition coefficient (Wildman–Crippen LogP) is 3.43. The third kappa shape index (κ3) is 5.09. The average molecular weight is 256 g/mol. The van der Waals surface area contributed by atoms with Crippen LogP contribution in [0.1, 0.15) is 26.2 Å². The molecule has 1 rings (SSSR count). The number of carbonyl (C=O) groups is 1. The van der Waals surface area contributed by atoms with E-state index in [1.54, 1.807) is 0 Å². The van der Waals surface area contributed by atoms with Gasteiger partial charge in [0.1, 0.15) is 5.75 Å². The minimum absolute atomic E-state index is 0.0912. The van der Waals surface area contributed by atoms with Crippen LogP contribution in [0, 0.1) is 0 Å². The van der Waals surface area contributed by atoms with Crippen LogP contribution in [0.5, 0.6) is 5.75 Å². The molecule has 0 aromatic heterocycles. The normalized spacial score (nSPS) is 10.0. The van der Waals surface area contributed by atoms with E-state index in [0.29, 0.717) is 30.3 Å². The van der Waals surface area contributed by atoms with Crippen LogP contribution in [-0.4, -0.2) is 18.4 Å². The molecule has 0 unspecified atom stereocenters. The number of unbranched alkanes of at least 4 members (excludes halogenated alkanes) is 1. The number of carbonyl (C=O) groups excluding carboxylic acids is 1. The Morgan fingerprint density at radius 1 is 1.41 bits per heavy atom. The van der Waals surface area contributed by atoms with Crippen molar-refractivity contribution in [3.8, 4) is 5.75 Å². The first-order valence-corrected chi connectivity index (χ1v) is 6.39. The lowest BCUT2D eigenvalue weighted by atomic mass is 10.2. The number of hydrogen-bond acceptors (Lipinski definition) is 2. The zero-order valence-electron chi connectivity index (χ0n) is 10.0. The summed E-state index contributed by atoms with van der Waals surface area (Å²) in [6.07, 6.45) is 2.40. The third-order valence-corrected chi connectivity index (χ3v) is 2.43. The van der Waals surface area contributed by atoms with Gasteiger partial charge >= 0.3 is 0 Å². The van der Waals surface area contributed by atoms with Gasteiger partial charge in [-0.3, -0.25) is 4.79 Å². The summed E-state index contributed by atoms with van der Waals surface area (Å²) < 4.78 is 5.61. The fraction of sp³-hybridized carbons (Fsp3) is 0.462. The van der Waals surface area contributed by atoms with Crippen molar-refractivity contribution in [2.75, 3.05) is 17.8 Å². The van der Waals surface area contributed by atoms with Crippen LogP contribution in [0.2, 0.25) is 0 Å². The Bertz CT molecular complexity index is 355. The van der Waals surface area contributed by atoms with Crippen LogP contribution >= 0.6 is 11.6 Å². The summed E-state index contributed by atoms with van der Waals surface area (Å²) in [7, 11) is 0. The Kier molecular flexibility index (Phi) is 6.48. The van der Waals surface area contributed by atoms with E-state index in [2.05, 4.69) is 12.2 Å². The Morgan fingerprint density at radius 3 is 2.88 bits per heavy atom. The van der Waals surface area contributed by atoms with E-state index < -0.39 is 0 Å². The molecule has 4 heteroatoms. The molecule has 0 heterocycles. The van der Waals surface area contributed by atoms with Crippen LogP contribution in [0.25, 0.3) is 0 Å². The first kappa shape index (κ1) is 13.8. The molecule has 1 N–H and O–H groups in total. The molecule has 1 amide bonds. The van der Waals surface area contributed by atoms with Gasteiger partial charge in [-0.2, -0.15) is 0 Å². The molecule has 94 valence electrons. The molecule has 3 nitrogen and oxygen atoms in total. The van der Waals surface area contributed by atoms with Gasteiger partial charge in [-0.05, 0) is 18.6 Å². The van der Waals surface area contributed by atoms with E-state index >= 15 is 0 Å². The van der Waals surface area contributed by atoms with Crippen molar-refractivity contribution in [2.24, 2.45) is 0 Å². The van der Waals surface area contributed by atoms with E-state index in [-0.39, 0.29) is 5.91 Å². The number of amides is 1. The predicted molar refractivity (Wildman–Crippen MR) is 70.8 cm³/mol. The summed E-state index contributed by atoms with van der Waals surface area (Å²) in [6, 6.07) is 7.43. The van der Waals surface area contributed by atoms with Gasteiger partial charge < -0.3 is 10.1 Å². The molecule has 0 aliphatic rings. The summed E-state index contributed by atoms with van der Waals surface area (Å²) >= 11 is 5.51. The molecule has 17 heavy (non-hydrogen) atoms. The molecule has 1 aromatic rings. The number of anilines is 1. The maximum absolute atomic E-state index is 11.4. The first-order chi connectivity index (χ1) is 8.27. The summed E-state index contributed by atoms with van der Waals surface area (Å²) in [5.74, 6) is 0.945. The molecule has 0 saturated heterocycles. The minimum atomic E-state index is -0.0912. The van der Waals surface area contributed by atoms with E-state index in [0.717, 1.165) is 12.8 Å². The van der Waals surface area contributed by atoms with Crippen LogP contribution in [-0.2, 0) is 4.79 Å². The minimum Gasteiger partial charge on any atom is -0.491 e. The maximum atomic E-state index is 11.4. The van der Waals surface area contributed by atoms with Gasteiger partial charge in [-0.15, -0.1) is 11.6 Å². The van der Waals surface area contributed by atoms with Gasteiger partial charge in [-0.1, -0.05) is 25.5 Å². The number of ether oxygens (including phenoxy) is 1. The molecule has 0 radical (unpaired) electrons. The molecule has 0 spiro atoms. The van der Waals surface area contributed by atoms with Gasteiger partial charge in [0, 0.05) is 12.3 Å².